The first-order chi connectivity index (χ1) is 10.6. The summed E-state index contributed by atoms with van der Waals surface area (Å²) in [4.78, 5) is 26.4. The van der Waals surface area contributed by atoms with Gasteiger partial charge in [0.05, 0.1) is 0 Å². The third-order valence-corrected chi connectivity index (χ3v) is 3.56. The maximum absolute atomic E-state index is 12.6. The molecule has 0 spiro atoms. The molecule has 1 N–H and O–H groups in total. The van der Waals surface area contributed by atoms with Crippen LogP contribution < -0.4 is 5.32 Å². The molecule has 1 heterocycles. The van der Waals surface area contributed by atoms with E-state index in [4.69, 9.17) is 4.74 Å². The minimum Gasteiger partial charge on any atom is -0.444 e. The molecule has 0 aliphatic carbocycles. The molecule has 1 aliphatic heterocycles. The third-order valence-electron chi connectivity index (χ3n) is 3.56. The summed E-state index contributed by atoms with van der Waals surface area (Å²) in [5.74, 6) is -0.215. The summed E-state index contributed by atoms with van der Waals surface area (Å²) in [6, 6.07) is -0.517. The Hall–Kier alpha value is -2.04. The Morgan fingerprint density at radius 1 is 1.30 bits per heavy atom. The van der Waals surface area contributed by atoms with Gasteiger partial charge >= 0.3 is 6.09 Å². The highest BCUT2D eigenvalue weighted by Gasteiger charge is 2.36. The summed E-state index contributed by atoms with van der Waals surface area (Å²) in [6.45, 7) is 17.2. The molecule has 2 amide bonds. The highest BCUT2D eigenvalue weighted by molar-refractivity contribution is 5.88. The second-order valence-electron chi connectivity index (χ2n) is 6.86. The van der Waals surface area contributed by atoms with Crippen molar-refractivity contribution in [3.63, 3.8) is 0 Å². The van der Waals surface area contributed by atoms with Gasteiger partial charge in [0.1, 0.15) is 11.6 Å². The van der Waals surface area contributed by atoms with E-state index in [0.717, 1.165) is 17.6 Å². The number of nitrogens with one attached hydrogen (secondary N) is 1. The Morgan fingerprint density at radius 3 is 2.39 bits per heavy atom. The molecule has 5 nitrogen and oxygen atoms in total. The first kappa shape index (κ1) is 19.0. The van der Waals surface area contributed by atoms with Gasteiger partial charge in [-0.25, -0.2) is 4.79 Å². The topological polar surface area (TPSA) is 58.6 Å². The Bertz CT molecular complexity index is 541. The van der Waals surface area contributed by atoms with E-state index >= 15 is 0 Å². The molecule has 23 heavy (non-hydrogen) atoms. The summed E-state index contributed by atoms with van der Waals surface area (Å²) in [5, 5.41) is 2.88. The van der Waals surface area contributed by atoms with Gasteiger partial charge in [-0.2, -0.15) is 0 Å². The number of hydrogen-bond acceptors (Lipinski definition) is 3. The van der Waals surface area contributed by atoms with E-state index in [2.05, 4.69) is 18.5 Å². The highest BCUT2D eigenvalue weighted by Crippen LogP contribution is 2.22. The van der Waals surface area contributed by atoms with Gasteiger partial charge in [0.2, 0.25) is 5.91 Å². The maximum atomic E-state index is 12.6. The summed E-state index contributed by atoms with van der Waals surface area (Å²) in [6.07, 6.45) is 2.63. The van der Waals surface area contributed by atoms with E-state index in [1.807, 2.05) is 34.6 Å². The van der Waals surface area contributed by atoms with Crippen molar-refractivity contribution in [2.75, 3.05) is 6.54 Å². The summed E-state index contributed by atoms with van der Waals surface area (Å²) in [7, 11) is 0. The predicted molar refractivity (Wildman–Crippen MR) is 91.8 cm³/mol. The highest BCUT2D eigenvalue weighted by atomic mass is 16.6. The Labute approximate surface area is 139 Å². The zero-order chi connectivity index (χ0) is 17.8. The molecule has 5 heteroatoms. The molecule has 1 saturated heterocycles. The molecular formula is C18H28N2O3. The second kappa shape index (κ2) is 7.49. The average molecular weight is 320 g/mol. The maximum Gasteiger partial charge on any atom is 0.410 e. The van der Waals surface area contributed by atoms with E-state index < -0.39 is 17.7 Å². The Kier molecular flexibility index (Phi) is 6.19. The van der Waals surface area contributed by atoms with Crippen LogP contribution in [0.3, 0.4) is 0 Å². The molecule has 0 saturated carbocycles. The Morgan fingerprint density at radius 2 is 1.91 bits per heavy atom. The van der Waals surface area contributed by atoms with Crippen LogP contribution in [0.2, 0.25) is 0 Å². The number of allylic oxidation sites excluding steroid dienone is 3. The Balaban J connectivity index is 2.88. The number of likely N-dealkylation sites (tertiary alicyclic amines) is 1. The van der Waals surface area contributed by atoms with E-state index in [1.165, 1.54) is 4.90 Å². The molecular weight excluding hydrogens is 292 g/mol. The zero-order valence-electron chi connectivity index (χ0n) is 14.9. The van der Waals surface area contributed by atoms with Gasteiger partial charge in [0.25, 0.3) is 0 Å². The van der Waals surface area contributed by atoms with E-state index in [1.54, 1.807) is 6.08 Å². The fourth-order valence-corrected chi connectivity index (χ4v) is 2.43. The molecule has 1 fully saturated rings. The minimum atomic E-state index is -0.580. The van der Waals surface area contributed by atoms with Crippen LogP contribution in [0.5, 0.6) is 0 Å². The molecule has 0 aromatic rings. The lowest BCUT2D eigenvalue weighted by molar-refractivity contribution is -0.124. The van der Waals surface area contributed by atoms with Crippen LogP contribution in [0.15, 0.2) is 36.1 Å². The molecule has 1 rings (SSSR count). The lowest BCUT2D eigenvalue weighted by atomic mass is 10.1. The SMILES string of the molecule is C=C/C(C)=C(/NC(=O)C1CCCN1C(=O)OC(C)(C)C)C(=C)C. The van der Waals surface area contributed by atoms with Crippen molar-refractivity contribution < 1.29 is 14.3 Å². The summed E-state index contributed by atoms with van der Waals surface area (Å²) < 4.78 is 5.38. The number of rotatable bonds is 4. The molecule has 128 valence electrons. The van der Waals surface area contributed by atoms with Gasteiger partial charge in [-0.1, -0.05) is 19.2 Å². The lowest BCUT2D eigenvalue weighted by Crippen LogP contribution is -2.47. The number of carbonyl (C=O) groups excluding carboxylic acids is 2. The number of ether oxygens (including phenoxy) is 1. The second-order valence-corrected chi connectivity index (χ2v) is 6.86. The third kappa shape index (κ3) is 5.27. The van der Waals surface area contributed by atoms with Crippen molar-refractivity contribution in [1.29, 1.82) is 0 Å². The lowest BCUT2D eigenvalue weighted by Gasteiger charge is -2.28. The van der Waals surface area contributed by atoms with Gasteiger partial charge in [-0.15, -0.1) is 0 Å². The molecule has 0 aromatic carbocycles. The number of nitrogens with zero attached hydrogens (tertiary/aromatic N) is 1. The summed E-state index contributed by atoms with van der Waals surface area (Å²) in [5.41, 5.74) is 1.66. The van der Waals surface area contributed by atoms with Crippen molar-refractivity contribution in [2.24, 2.45) is 0 Å². The molecule has 1 aliphatic rings. The molecule has 0 radical (unpaired) electrons. The molecule has 0 aromatic heterocycles. The fraction of sp³-hybridized carbons (Fsp3) is 0.556. The molecule has 1 unspecified atom stereocenters. The predicted octanol–water partition coefficient (Wildman–Crippen LogP) is 3.54. The van der Waals surface area contributed by atoms with Crippen LogP contribution in [-0.4, -0.2) is 35.1 Å². The normalized spacial score (nSPS) is 19.0. The van der Waals surface area contributed by atoms with Crippen LogP contribution in [0.1, 0.15) is 47.5 Å². The van der Waals surface area contributed by atoms with Gasteiger partial charge in [0, 0.05) is 12.2 Å². The molecule has 1 atom stereocenters. The van der Waals surface area contributed by atoms with Crippen LogP contribution in [-0.2, 0) is 9.53 Å². The summed E-state index contributed by atoms with van der Waals surface area (Å²) >= 11 is 0. The van der Waals surface area contributed by atoms with E-state index in [-0.39, 0.29) is 5.91 Å². The first-order valence-electron chi connectivity index (χ1n) is 7.86. The van der Waals surface area contributed by atoms with Crippen molar-refractivity contribution in [3.05, 3.63) is 36.1 Å². The quantitative estimate of drug-likeness (QED) is 0.806. The largest absolute Gasteiger partial charge is 0.444 e. The average Bonchev–Trinajstić information content (AvgIpc) is 2.91. The van der Waals surface area contributed by atoms with Crippen molar-refractivity contribution in [1.82, 2.24) is 10.2 Å². The zero-order valence-corrected chi connectivity index (χ0v) is 14.9. The van der Waals surface area contributed by atoms with Crippen molar-refractivity contribution in [2.45, 2.75) is 59.1 Å². The van der Waals surface area contributed by atoms with Gasteiger partial charge in [0.15, 0.2) is 0 Å². The number of amides is 2. The van der Waals surface area contributed by atoms with Gasteiger partial charge in [-0.05, 0) is 58.6 Å². The monoisotopic (exact) mass is 320 g/mol. The van der Waals surface area contributed by atoms with E-state index in [0.29, 0.717) is 18.7 Å². The first-order valence-corrected chi connectivity index (χ1v) is 7.86. The standard InChI is InChI=1S/C18H28N2O3/c1-8-13(4)15(12(2)3)19-16(21)14-10-9-11-20(14)17(22)23-18(5,6)7/h8,14H,1-2,9-11H2,3-7H3,(H,19,21)/b15-13+. The van der Waals surface area contributed by atoms with Gasteiger partial charge < -0.3 is 10.1 Å². The van der Waals surface area contributed by atoms with Crippen molar-refractivity contribution in [3.8, 4) is 0 Å². The van der Waals surface area contributed by atoms with E-state index in [9.17, 15) is 9.59 Å². The minimum absolute atomic E-state index is 0.215. The van der Waals surface area contributed by atoms with Crippen LogP contribution in [0.4, 0.5) is 4.79 Å². The van der Waals surface area contributed by atoms with Crippen molar-refractivity contribution >= 4 is 12.0 Å². The van der Waals surface area contributed by atoms with Gasteiger partial charge in [-0.3, -0.25) is 9.69 Å². The van der Waals surface area contributed by atoms with Crippen LogP contribution in [0, 0.1) is 0 Å². The van der Waals surface area contributed by atoms with Crippen LogP contribution in [0.25, 0.3) is 0 Å². The number of hydrogen-bond donors (Lipinski definition) is 1. The van der Waals surface area contributed by atoms with Crippen LogP contribution >= 0.6 is 0 Å². The molecule has 0 bridgehead atoms. The number of carbonyl (C=O) groups is 2. The fourth-order valence-electron chi connectivity index (χ4n) is 2.43. The smallest absolute Gasteiger partial charge is 0.410 e.